The van der Waals surface area contributed by atoms with E-state index in [1.54, 1.807) is 0 Å². The van der Waals surface area contributed by atoms with E-state index >= 15 is 0 Å². The predicted octanol–water partition coefficient (Wildman–Crippen LogP) is 4.67. The van der Waals surface area contributed by atoms with Crippen molar-refractivity contribution < 1.29 is 9.47 Å². The molecule has 2 aromatic carbocycles. The van der Waals surface area contributed by atoms with Crippen LogP contribution in [0.25, 0.3) is 10.4 Å². The molecule has 0 bridgehead atoms. The van der Waals surface area contributed by atoms with Crippen molar-refractivity contribution in [1.29, 1.82) is 0 Å². The molecule has 166 valence electrons. The summed E-state index contributed by atoms with van der Waals surface area (Å²) >= 11 is 0. The first-order chi connectivity index (χ1) is 15.2. The van der Waals surface area contributed by atoms with Gasteiger partial charge < -0.3 is 19.7 Å². The molecule has 7 heteroatoms. The topological polar surface area (TPSA) is 82.5 Å². The lowest BCUT2D eigenvalue weighted by atomic mass is 10.1. The number of rotatable bonds is 13. The van der Waals surface area contributed by atoms with Crippen molar-refractivity contribution in [3.63, 3.8) is 0 Å². The number of benzene rings is 2. The number of nitrogens with zero attached hydrogens (tertiary/aromatic N) is 4. The molecule has 0 aromatic heterocycles. The summed E-state index contributed by atoms with van der Waals surface area (Å²) in [4.78, 5) is 4.82. The van der Waals surface area contributed by atoms with Crippen molar-refractivity contribution >= 4 is 5.69 Å². The summed E-state index contributed by atoms with van der Waals surface area (Å²) in [6.07, 6.45) is 4.45. The zero-order chi connectivity index (χ0) is 21.9. The molecule has 0 radical (unpaired) electrons. The first kappa shape index (κ1) is 22.9. The summed E-state index contributed by atoms with van der Waals surface area (Å²) in [5.74, 6) is 0.888. The number of fused-ring (bicyclic) bond motifs is 1. The first-order valence-electron chi connectivity index (χ1n) is 11.0. The minimum absolute atomic E-state index is 0.354. The van der Waals surface area contributed by atoms with Crippen LogP contribution in [0.15, 0.2) is 47.6 Å². The SMILES string of the molecule is CN(C)c1ccc(CCCNC2CCc3cc(OCCOCCN=[N+]=[N-])ccc32)cc1. The molecular weight excluding hydrogens is 390 g/mol. The fourth-order valence-corrected chi connectivity index (χ4v) is 3.90. The second-order valence-electron chi connectivity index (χ2n) is 7.99. The van der Waals surface area contributed by atoms with Gasteiger partial charge in [0.15, 0.2) is 0 Å². The number of hydrogen-bond donors (Lipinski definition) is 1. The van der Waals surface area contributed by atoms with Gasteiger partial charge in [-0.1, -0.05) is 23.3 Å². The largest absolute Gasteiger partial charge is 0.491 e. The van der Waals surface area contributed by atoms with E-state index in [4.69, 9.17) is 15.0 Å². The molecule has 0 saturated heterocycles. The summed E-state index contributed by atoms with van der Waals surface area (Å²) in [6, 6.07) is 15.7. The molecular formula is C24H33N5O2. The highest BCUT2D eigenvalue weighted by molar-refractivity contribution is 5.46. The van der Waals surface area contributed by atoms with Gasteiger partial charge in [0, 0.05) is 37.3 Å². The lowest BCUT2D eigenvalue weighted by molar-refractivity contribution is 0.106. The van der Waals surface area contributed by atoms with Gasteiger partial charge >= 0.3 is 0 Å². The van der Waals surface area contributed by atoms with Crippen LogP contribution in [0.4, 0.5) is 5.69 Å². The molecule has 31 heavy (non-hydrogen) atoms. The minimum atomic E-state index is 0.354. The summed E-state index contributed by atoms with van der Waals surface area (Å²) in [7, 11) is 4.14. The van der Waals surface area contributed by atoms with E-state index < -0.39 is 0 Å². The monoisotopic (exact) mass is 423 g/mol. The summed E-state index contributed by atoms with van der Waals surface area (Å²) in [6.45, 7) is 2.77. The van der Waals surface area contributed by atoms with Gasteiger partial charge in [0.05, 0.1) is 13.2 Å². The Morgan fingerprint density at radius 3 is 2.74 bits per heavy atom. The van der Waals surface area contributed by atoms with Crippen LogP contribution in [-0.2, 0) is 17.6 Å². The number of anilines is 1. The Morgan fingerprint density at radius 1 is 1.13 bits per heavy atom. The van der Waals surface area contributed by atoms with Crippen LogP contribution in [0.1, 0.15) is 35.6 Å². The molecule has 0 heterocycles. The molecule has 2 aromatic rings. The standard InChI is InChI=1S/C24H33N5O2/c1-29(2)21-8-5-19(6-9-21)4-3-13-26-24-12-7-20-18-22(10-11-23(20)24)31-17-16-30-15-14-27-28-25/h5-6,8-11,18,24,26H,3-4,7,12-17H2,1-2H3. The number of nitrogens with one attached hydrogen (secondary N) is 1. The van der Waals surface area contributed by atoms with Crippen LogP contribution in [0.2, 0.25) is 0 Å². The van der Waals surface area contributed by atoms with E-state index in [2.05, 4.69) is 70.7 Å². The molecule has 1 aliphatic rings. The Morgan fingerprint density at radius 2 is 1.97 bits per heavy atom. The fraction of sp³-hybridized carbons (Fsp3) is 0.500. The Labute approximate surface area is 185 Å². The van der Waals surface area contributed by atoms with E-state index in [0.717, 1.165) is 38.0 Å². The van der Waals surface area contributed by atoms with Crippen molar-refractivity contribution in [3.05, 3.63) is 69.6 Å². The van der Waals surface area contributed by atoms with Crippen molar-refractivity contribution in [2.45, 2.75) is 31.7 Å². The third-order valence-corrected chi connectivity index (χ3v) is 5.57. The summed E-state index contributed by atoms with van der Waals surface area (Å²) < 4.78 is 11.2. The molecule has 0 fully saturated rings. The highest BCUT2D eigenvalue weighted by Gasteiger charge is 2.22. The maximum absolute atomic E-state index is 8.22. The van der Waals surface area contributed by atoms with E-state index in [9.17, 15) is 0 Å². The van der Waals surface area contributed by atoms with Gasteiger partial charge in [-0.25, -0.2) is 0 Å². The lowest BCUT2D eigenvalue weighted by Gasteiger charge is -2.15. The molecule has 0 amide bonds. The number of ether oxygens (including phenoxy) is 2. The fourth-order valence-electron chi connectivity index (χ4n) is 3.90. The Balaban J connectivity index is 1.37. The van der Waals surface area contributed by atoms with Gasteiger partial charge in [0.2, 0.25) is 0 Å². The second kappa shape index (κ2) is 12.2. The molecule has 7 nitrogen and oxygen atoms in total. The van der Waals surface area contributed by atoms with E-state index in [1.165, 1.54) is 22.4 Å². The molecule has 1 N–H and O–H groups in total. The quantitative estimate of drug-likeness (QED) is 0.220. The van der Waals surface area contributed by atoms with Gasteiger partial charge in [0.25, 0.3) is 0 Å². The van der Waals surface area contributed by atoms with Crippen LogP contribution in [0, 0.1) is 0 Å². The van der Waals surface area contributed by atoms with Crippen LogP contribution in [0.3, 0.4) is 0 Å². The highest BCUT2D eigenvalue weighted by Crippen LogP contribution is 2.33. The predicted molar refractivity (Wildman–Crippen MR) is 125 cm³/mol. The van der Waals surface area contributed by atoms with Crippen LogP contribution in [-0.4, -0.2) is 47.0 Å². The first-order valence-corrected chi connectivity index (χ1v) is 11.0. The smallest absolute Gasteiger partial charge is 0.119 e. The highest BCUT2D eigenvalue weighted by atomic mass is 16.5. The van der Waals surface area contributed by atoms with Gasteiger partial charge in [-0.3, -0.25) is 0 Å². The zero-order valence-corrected chi connectivity index (χ0v) is 18.6. The van der Waals surface area contributed by atoms with Crippen LogP contribution < -0.4 is 15.0 Å². The Kier molecular flexibility index (Phi) is 9.03. The average molecular weight is 424 g/mol. The lowest BCUT2D eigenvalue weighted by Crippen LogP contribution is -2.20. The van der Waals surface area contributed by atoms with Crippen molar-refractivity contribution in [2.75, 3.05) is 51.9 Å². The van der Waals surface area contributed by atoms with Gasteiger partial charge in [-0.2, -0.15) is 0 Å². The normalized spacial score (nSPS) is 14.7. The summed E-state index contributed by atoms with van der Waals surface area (Å²) in [5.41, 5.74) is 13.6. The van der Waals surface area contributed by atoms with Gasteiger partial charge in [0.1, 0.15) is 12.4 Å². The van der Waals surface area contributed by atoms with Gasteiger partial charge in [-0.05, 0) is 78.7 Å². The Hall–Kier alpha value is -2.73. The van der Waals surface area contributed by atoms with Gasteiger partial charge in [-0.15, -0.1) is 0 Å². The minimum Gasteiger partial charge on any atom is -0.491 e. The zero-order valence-electron chi connectivity index (χ0n) is 18.6. The Bertz CT molecular complexity index is 863. The molecule has 1 aliphatic carbocycles. The molecule has 3 rings (SSSR count). The third kappa shape index (κ3) is 7.17. The molecule has 0 spiro atoms. The molecule has 1 unspecified atom stereocenters. The van der Waals surface area contributed by atoms with Crippen molar-refractivity contribution in [3.8, 4) is 5.75 Å². The average Bonchev–Trinajstić information content (AvgIpc) is 3.18. The number of azide groups is 1. The third-order valence-electron chi connectivity index (χ3n) is 5.57. The van der Waals surface area contributed by atoms with Crippen molar-refractivity contribution in [2.24, 2.45) is 5.11 Å². The number of hydrogen-bond acceptors (Lipinski definition) is 5. The molecule has 1 atom stereocenters. The molecule has 0 saturated carbocycles. The summed E-state index contributed by atoms with van der Waals surface area (Å²) in [5, 5.41) is 7.16. The van der Waals surface area contributed by atoms with E-state index in [0.29, 0.717) is 32.4 Å². The van der Waals surface area contributed by atoms with Crippen LogP contribution in [0.5, 0.6) is 5.75 Å². The van der Waals surface area contributed by atoms with E-state index in [1.807, 2.05) is 6.07 Å². The maximum atomic E-state index is 8.22. The second-order valence-corrected chi connectivity index (χ2v) is 7.99. The van der Waals surface area contributed by atoms with E-state index in [-0.39, 0.29) is 0 Å². The molecule has 0 aliphatic heterocycles. The van der Waals surface area contributed by atoms with Crippen molar-refractivity contribution in [1.82, 2.24) is 5.32 Å². The number of aryl methyl sites for hydroxylation is 2. The maximum Gasteiger partial charge on any atom is 0.119 e. The van der Waals surface area contributed by atoms with Crippen LogP contribution >= 0.6 is 0 Å².